The number of halogens is 3. The number of rotatable bonds is 4. The molecule has 0 aliphatic heterocycles. The zero-order valence-corrected chi connectivity index (χ0v) is 15.2. The Morgan fingerprint density at radius 2 is 2.00 bits per heavy atom. The average molecular weight is 379 g/mol. The number of nitrogens with one attached hydrogen (secondary N) is 1. The van der Waals surface area contributed by atoms with Gasteiger partial charge in [-0.2, -0.15) is 5.10 Å². The number of pyridine rings is 1. The summed E-state index contributed by atoms with van der Waals surface area (Å²) in [6.45, 7) is 4.96. The molecule has 5 nitrogen and oxygen atoms in total. The number of carbonyl (C=O) groups is 1. The van der Waals surface area contributed by atoms with Gasteiger partial charge in [-0.1, -0.05) is 17.7 Å². The largest absolute Gasteiger partial charge is 0.324 e. The number of nitrogens with zero attached hydrogens (tertiary/aromatic N) is 3. The zero-order chi connectivity index (χ0) is 19.0. The average Bonchev–Trinajstić information content (AvgIpc) is 2.85. The van der Waals surface area contributed by atoms with Gasteiger partial charge in [0.25, 0.3) is 6.43 Å². The second-order valence-corrected chi connectivity index (χ2v) is 6.54. The molecule has 0 spiro atoms. The lowest BCUT2D eigenvalue weighted by atomic mass is 10.1. The van der Waals surface area contributed by atoms with Crippen molar-refractivity contribution in [1.29, 1.82) is 0 Å². The Hall–Kier alpha value is -2.54. The van der Waals surface area contributed by atoms with Crippen LogP contribution in [0.2, 0.25) is 5.02 Å². The first-order valence-corrected chi connectivity index (χ1v) is 8.33. The van der Waals surface area contributed by atoms with Crippen molar-refractivity contribution in [2.45, 2.75) is 33.7 Å². The third-order valence-corrected chi connectivity index (χ3v) is 4.27. The highest BCUT2D eigenvalue weighted by molar-refractivity contribution is 6.31. The fourth-order valence-electron chi connectivity index (χ4n) is 2.85. The summed E-state index contributed by atoms with van der Waals surface area (Å²) in [6.07, 6.45) is -2.64. The maximum atomic E-state index is 13.3. The second kappa shape index (κ2) is 6.99. The van der Waals surface area contributed by atoms with Crippen LogP contribution in [-0.2, 0) is 11.3 Å². The summed E-state index contributed by atoms with van der Waals surface area (Å²) < 4.78 is 28.0. The number of alkyl halides is 2. The number of benzene rings is 1. The third-order valence-electron chi connectivity index (χ3n) is 4.04. The van der Waals surface area contributed by atoms with Crippen LogP contribution in [0.25, 0.3) is 11.0 Å². The van der Waals surface area contributed by atoms with Crippen molar-refractivity contribution in [3.05, 3.63) is 51.8 Å². The van der Waals surface area contributed by atoms with E-state index in [4.69, 9.17) is 11.6 Å². The van der Waals surface area contributed by atoms with Crippen LogP contribution in [0.1, 0.15) is 28.9 Å². The molecule has 0 radical (unpaired) electrons. The molecule has 0 saturated heterocycles. The van der Waals surface area contributed by atoms with Gasteiger partial charge in [0.15, 0.2) is 5.65 Å². The molecule has 0 bridgehead atoms. The molecule has 0 unspecified atom stereocenters. The van der Waals surface area contributed by atoms with Crippen molar-refractivity contribution in [1.82, 2.24) is 14.8 Å². The third kappa shape index (κ3) is 3.53. The minimum atomic E-state index is -2.64. The van der Waals surface area contributed by atoms with E-state index in [0.717, 1.165) is 5.56 Å². The Balaban J connectivity index is 1.94. The first kappa shape index (κ1) is 18.3. The van der Waals surface area contributed by atoms with E-state index in [0.29, 0.717) is 22.1 Å². The molecule has 8 heteroatoms. The topological polar surface area (TPSA) is 59.8 Å². The number of carbonyl (C=O) groups excluding carboxylic acids is 1. The van der Waals surface area contributed by atoms with Crippen LogP contribution in [-0.4, -0.2) is 20.7 Å². The lowest BCUT2D eigenvalue weighted by Gasteiger charge is -2.10. The van der Waals surface area contributed by atoms with Gasteiger partial charge in [0.2, 0.25) is 5.91 Å². The molecular formula is C18H17ClF2N4O. The van der Waals surface area contributed by atoms with E-state index < -0.39 is 6.43 Å². The summed E-state index contributed by atoms with van der Waals surface area (Å²) in [7, 11) is 0. The molecule has 1 N–H and O–H groups in total. The minimum absolute atomic E-state index is 0.123. The number of hydrogen-bond donors (Lipinski definition) is 1. The summed E-state index contributed by atoms with van der Waals surface area (Å²) in [5.41, 5.74) is 2.46. The van der Waals surface area contributed by atoms with E-state index in [2.05, 4.69) is 15.4 Å². The number of aryl methyl sites for hydroxylation is 3. The van der Waals surface area contributed by atoms with Gasteiger partial charge in [-0.05, 0) is 44.5 Å². The fraction of sp³-hybridized carbons (Fsp3) is 0.278. The van der Waals surface area contributed by atoms with Crippen LogP contribution < -0.4 is 5.32 Å². The fourth-order valence-corrected chi connectivity index (χ4v) is 3.03. The Labute approximate surface area is 154 Å². The number of fused-ring (bicyclic) bond motifs is 1. The molecule has 0 aliphatic rings. The highest BCUT2D eigenvalue weighted by atomic mass is 35.5. The van der Waals surface area contributed by atoms with Crippen LogP contribution >= 0.6 is 11.6 Å². The van der Waals surface area contributed by atoms with Gasteiger partial charge in [0, 0.05) is 22.0 Å². The maximum absolute atomic E-state index is 13.3. The molecule has 3 aromatic rings. The van der Waals surface area contributed by atoms with E-state index in [1.165, 1.54) is 10.7 Å². The van der Waals surface area contributed by atoms with E-state index in [-0.39, 0.29) is 29.0 Å². The highest BCUT2D eigenvalue weighted by Gasteiger charge is 2.20. The van der Waals surface area contributed by atoms with Crippen LogP contribution in [0, 0.1) is 20.8 Å². The van der Waals surface area contributed by atoms with Gasteiger partial charge in [-0.15, -0.1) is 0 Å². The van der Waals surface area contributed by atoms with Gasteiger partial charge in [-0.3, -0.25) is 4.79 Å². The van der Waals surface area contributed by atoms with Crippen molar-refractivity contribution >= 4 is 34.2 Å². The standard InChI is InChI=1S/C18H17ClF2N4O/c1-9-4-5-12(19)7-14(9)23-15(26)8-25-18-16(11(3)24-25)13(17(20)21)6-10(2)22-18/h4-7,17H,8H2,1-3H3,(H,23,26). The van der Waals surface area contributed by atoms with Crippen LogP contribution in [0.15, 0.2) is 24.3 Å². The van der Waals surface area contributed by atoms with Gasteiger partial charge in [-0.25, -0.2) is 18.4 Å². The van der Waals surface area contributed by atoms with E-state index in [1.54, 1.807) is 32.0 Å². The molecule has 3 rings (SSSR count). The number of anilines is 1. The molecule has 2 heterocycles. The van der Waals surface area contributed by atoms with E-state index in [9.17, 15) is 13.6 Å². The van der Waals surface area contributed by atoms with Gasteiger partial charge in [0.05, 0.1) is 11.1 Å². The predicted molar refractivity (Wildman–Crippen MR) is 96.8 cm³/mol. The molecule has 0 aliphatic carbocycles. The first-order valence-electron chi connectivity index (χ1n) is 7.95. The summed E-state index contributed by atoms with van der Waals surface area (Å²) in [5.74, 6) is -0.346. The van der Waals surface area contributed by atoms with Gasteiger partial charge >= 0.3 is 0 Å². The molecule has 26 heavy (non-hydrogen) atoms. The number of aromatic nitrogens is 3. The van der Waals surface area contributed by atoms with E-state index in [1.807, 2.05) is 6.92 Å². The van der Waals surface area contributed by atoms with Crippen molar-refractivity contribution in [2.75, 3.05) is 5.32 Å². The van der Waals surface area contributed by atoms with Crippen molar-refractivity contribution < 1.29 is 13.6 Å². The van der Waals surface area contributed by atoms with Crippen molar-refractivity contribution in [2.24, 2.45) is 0 Å². The Morgan fingerprint density at radius 3 is 2.69 bits per heavy atom. The molecule has 0 fully saturated rings. The first-order chi connectivity index (χ1) is 12.3. The Kier molecular flexibility index (Phi) is 4.91. The predicted octanol–water partition coefficient (Wildman–Crippen LogP) is 4.59. The normalized spacial score (nSPS) is 11.3. The second-order valence-electron chi connectivity index (χ2n) is 6.10. The van der Waals surface area contributed by atoms with Crippen molar-refractivity contribution in [3.63, 3.8) is 0 Å². The maximum Gasteiger partial charge on any atom is 0.264 e. The zero-order valence-electron chi connectivity index (χ0n) is 14.5. The Morgan fingerprint density at radius 1 is 1.27 bits per heavy atom. The molecule has 0 atom stereocenters. The number of hydrogen-bond acceptors (Lipinski definition) is 3. The summed E-state index contributed by atoms with van der Waals surface area (Å²) in [6, 6.07) is 6.53. The summed E-state index contributed by atoms with van der Waals surface area (Å²) in [4.78, 5) is 16.7. The molecule has 1 aromatic carbocycles. The lowest BCUT2D eigenvalue weighted by molar-refractivity contribution is -0.116. The van der Waals surface area contributed by atoms with Crippen LogP contribution in [0.3, 0.4) is 0 Å². The van der Waals surface area contributed by atoms with Gasteiger partial charge < -0.3 is 5.32 Å². The molecule has 0 saturated carbocycles. The Bertz CT molecular complexity index is 1000. The van der Waals surface area contributed by atoms with E-state index >= 15 is 0 Å². The van der Waals surface area contributed by atoms with Crippen LogP contribution in [0.4, 0.5) is 14.5 Å². The highest BCUT2D eigenvalue weighted by Crippen LogP contribution is 2.30. The smallest absolute Gasteiger partial charge is 0.264 e. The molecular weight excluding hydrogens is 362 g/mol. The van der Waals surface area contributed by atoms with Crippen LogP contribution in [0.5, 0.6) is 0 Å². The lowest BCUT2D eigenvalue weighted by Crippen LogP contribution is -2.20. The SMILES string of the molecule is Cc1cc(C(F)F)c2c(C)nn(CC(=O)Nc3cc(Cl)ccc3C)c2n1. The van der Waals surface area contributed by atoms with Crippen molar-refractivity contribution in [3.8, 4) is 0 Å². The summed E-state index contributed by atoms with van der Waals surface area (Å²) in [5, 5.41) is 7.79. The molecule has 136 valence electrons. The molecule has 1 amide bonds. The van der Waals surface area contributed by atoms with Gasteiger partial charge in [0.1, 0.15) is 6.54 Å². The monoisotopic (exact) mass is 378 g/mol. The minimum Gasteiger partial charge on any atom is -0.324 e. The molecule has 2 aromatic heterocycles. The quantitative estimate of drug-likeness (QED) is 0.722. The summed E-state index contributed by atoms with van der Waals surface area (Å²) >= 11 is 5.96. The number of amides is 1.